The summed E-state index contributed by atoms with van der Waals surface area (Å²) in [5, 5.41) is 8.53. The van der Waals surface area contributed by atoms with Gasteiger partial charge in [-0.25, -0.2) is 0 Å². The van der Waals surface area contributed by atoms with E-state index >= 15 is 0 Å². The average Bonchev–Trinajstić information content (AvgIpc) is 2.15. The second kappa shape index (κ2) is 4.81. The highest BCUT2D eigenvalue weighted by atomic mass is 32.1. The van der Waals surface area contributed by atoms with Crippen molar-refractivity contribution in [1.29, 1.82) is 5.26 Å². The zero-order chi connectivity index (χ0) is 8.81. The number of benzene rings is 1. The summed E-state index contributed by atoms with van der Waals surface area (Å²) in [7, 11) is 0. The van der Waals surface area contributed by atoms with E-state index in [1.54, 1.807) is 0 Å². The summed E-state index contributed by atoms with van der Waals surface area (Å²) in [6.07, 6.45) is 0.940. The van der Waals surface area contributed by atoms with Gasteiger partial charge in [-0.05, 0) is 24.1 Å². The highest BCUT2D eigenvalue weighted by molar-refractivity contribution is 7.78. The zero-order valence-electron chi connectivity index (χ0n) is 6.62. The lowest BCUT2D eigenvalue weighted by Crippen LogP contribution is -2.04. The summed E-state index contributed by atoms with van der Waals surface area (Å²) >= 11 is 3.89. The maximum absolute atomic E-state index is 8.53. The smallest absolute Gasteiger partial charge is 0.0991 e. The molecule has 1 aromatic rings. The van der Waals surface area contributed by atoms with E-state index in [1.807, 2.05) is 24.3 Å². The predicted octanol–water partition coefficient (Wildman–Crippen LogP) is 1.54. The van der Waals surface area contributed by atoms with Crippen LogP contribution >= 0.6 is 12.8 Å². The van der Waals surface area contributed by atoms with Crippen LogP contribution in [0.3, 0.4) is 0 Å². The van der Waals surface area contributed by atoms with Crippen LogP contribution in [0, 0.1) is 11.3 Å². The summed E-state index contributed by atoms with van der Waals surface area (Å²) in [4.78, 5) is 0. The molecule has 1 aromatic carbocycles. The number of hydrogen-bond donors (Lipinski definition) is 2. The molecule has 0 bridgehead atoms. The summed E-state index contributed by atoms with van der Waals surface area (Å²) in [6.45, 7) is 0.842. The quantitative estimate of drug-likeness (QED) is 0.689. The Morgan fingerprint density at radius 3 is 2.50 bits per heavy atom. The lowest BCUT2D eigenvalue weighted by Gasteiger charge is -1.98. The van der Waals surface area contributed by atoms with Gasteiger partial charge in [-0.3, -0.25) is 4.72 Å². The number of rotatable bonds is 3. The Hall–Kier alpha value is -0.980. The third-order valence-electron chi connectivity index (χ3n) is 1.61. The van der Waals surface area contributed by atoms with Gasteiger partial charge in [0.2, 0.25) is 0 Å². The van der Waals surface area contributed by atoms with Crippen LogP contribution < -0.4 is 4.72 Å². The SMILES string of the molecule is N#Cc1ccc(CCNS)cc1. The molecular weight excluding hydrogens is 168 g/mol. The minimum absolute atomic E-state index is 0.706. The molecule has 1 rings (SSSR count). The second-order valence-corrected chi connectivity index (χ2v) is 2.78. The maximum Gasteiger partial charge on any atom is 0.0991 e. The average molecular weight is 178 g/mol. The van der Waals surface area contributed by atoms with Crippen molar-refractivity contribution in [1.82, 2.24) is 4.72 Å². The number of nitrogens with one attached hydrogen (secondary N) is 1. The van der Waals surface area contributed by atoms with E-state index in [2.05, 4.69) is 23.6 Å². The van der Waals surface area contributed by atoms with Crippen LogP contribution in [0.15, 0.2) is 24.3 Å². The fourth-order valence-electron chi connectivity index (χ4n) is 0.946. The van der Waals surface area contributed by atoms with E-state index in [1.165, 1.54) is 5.56 Å². The molecule has 0 unspecified atom stereocenters. The van der Waals surface area contributed by atoms with Gasteiger partial charge in [-0.2, -0.15) is 5.26 Å². The van der Waals surface area contributed by atoms with Crippen molar-refractivity contribution in [3.63, 3.8) is 0 Å². The molecule has 0 aliphatic carbocycles. The summed E-state index contributed by atoms with van der Waals surface area (Å²) in [6, 6.07) is 9.66. The molecule has 0 amide bonds. The van der Waals surface area contributed by atoms with Gasteiger partial charge in [0.1, 0.15) is 0 Å². The number of thiol groups is 1. The molecule has 0 atom stereocenters. The Balaban J connectivity index is 2.60. The van der Waals surface area contributed by atoms with Gasteiger partial charge < -0.3 is 0 Å². The van der Waals surface area contributed by atoms with Gasteiger partial charge in [0.25, 0.3) is 0 Å². The summed E-state index contributed by atoms with van der Waals surface area (Å²) in [5.74, 6) is 0. The topological polar surface area (TPSA) is 35.8 Å². The summed E-state index contributed by atoms with van der Waals surface area (Å²) < 4.78 is 2.77. The van der Waals surface area contributed by atoms with E-state index < -0.39 is 0 Å². The Kier molecular flexibility index (Phi) is 3.65. The maximum atomic E-state index is 8.53. The highest BCUT2D eigenvalue weighted by Crippen LogP contribution is 2.03. The van der Waals surface area contributed by atoms with Gasteiger partial charge in [0, 0.05) is 6.54 Å². The third kappa shape index (κ3) is 2.57. The van der Waals surface area contributed by atoms with Crippen molar-refractivity contribution in [2.24, 2.45) is 0 Å². The van der Waals surface area contributed by atoms with Crippen LogP contribution in [0.1, 0.15) is 11.1 Å². The molecule has 3 heteroatoms. The molecule has 0 fully saturated rings. The Bertz CT molecular complexity index is 274. The van der Waals surface area contributed by atoms with Crippen LogP contribution in [-0.4, -0.2) is 6.54 Å². The summed E-state index contributed by atoms with van der Waals surface area (Å²) in [5.41, 5.74) is 1.92. The molecule has 2 nitrogen and oxygen atoms in total. The van der Waals surface area contributed by atoms with E-state index in [-0.39, 0.29) is 0 Å². The molecule has 62 valence electrons. The van der Waals surface area contributed by atoms with Gasteiger partial charge in [-0.1, -0.05) is 24.9 Å². The molecule has 1 N–H and O–H groups in total. The fourth-order valence-corrected chi connectivity index (χ4v) is 1.06. The minimum Gasteiger partial charge on any atom is -0.266 e. The van der Waals surface area contributed by atoms with Crippen molar-refractivity contribution in [3.8, 4) is 6.07 Å². The lowest BCUT2D eigenvalue weighted by atomic mass is 10.1. The largest absolute Gasteiger partial charge is 0.266 e. The van der Waals surface area contributed by atoms with E-state index in [0.29, 0.717) is 5.56 Å². The monoisotopic (exact) mass is 178 g/mol. The first kappa shape index (κ1) is 9.11. The predicted molar refractivity (Wildman–Crippen MR) is 51.8 cm³/mol. The van der Waals surface area contributed by atoms with Crippen molar-refractivity contribution in [2.75, 3.05) is 6.54 Å². The standard InChI is InChI=1S/C9H10N2S/c10-7-9-3-1-8(2-4-9)5-6-11-12/h1-4,11-12H,5-6H2. The highest BCUT2D eigenvalue weighted by Gasteiger charge is 1.92. The lowest BCUT2D eigenvalue weighted by molar-refractivity contribution is 0.913. The van der Waals surface area contributed by atoms with Crippen LogP contribution in [0.25, 0.3) is 0 Å². The van der Waals surface area contributed by atoms with Gasteiger partial charge in [-0.15, -0.1) is 0 Å². The van der Waals surface area contributed by atoms with E-state index in [9.17, 15) is 0 Å². The molecule has 0 aromatic heterocycles. The van der Waals surface area contributed by atoms with Crippen molar-refractivity contribution >= 4 is 12.8 Å². The Morgan fingerprint density at radius 1 is 1.33 bits per heavy atom. The van der Waals surface area contributed by atoms with Crippen LogP contribution in [-0.2, 0) is 6.42 Å². The molecule has 0 radical (unpaired) electrons. The van der Waals surface area contributed by atoms with E-state index in [0.717, 1.165) is 13.0 Å². The van der Waals surface area contributed by atoms with Crippen LogP contribution in [0.4, 0.5) is 0 Å². The van der Waals surface area contributed by atoms with Gasteiger partial charge >= 0.3 is 0 Å². The number of hydrogen-bond acceptors (Lipinski definition) is 3. The molecule has 0 aliphatic rings. The molecule has 12 heavy (non-hydrogen) atoms. The van der Waals surface area contributed by atoms with E-state index in [4.69, 9.17) is 5.26 Å². The first-order chi connectivity index (χ1) is 5.86. The third-order valence-corrected chi connectivity index (χ3v) is 1.83. The Labute approximate surface area is 77.8 Å². The zero-order valence-corrected chi connectivity index (χ0v) is 7.51. The molecule has 0 saturated carbocycles. The normalized spacial score (nSPS) is 9.33. The molecular formula is C9H10N2S. The van der Waals surface area contributed by atoms with Crippen molar-refractivity contribution in [3.05, 3.63) is 35.4 Å². The second-order valence-electron chi connectivity index (χ2n) is 2.47. The molecule has 0 saturated heterocycles. The fraction of sp³-hybridized carbons (Fsp3) is 0.222. The number of nitrogens with zero attached hydrogens (tertiary/aromatic N) is 1. The molecule has 0 heterocycles. The molecule has 0 aliphatic heterocycles. The van der Waals surface area contributed by atoms with Crippen molar-refractivity contribution in [2.45, 2.75) is 6.42 Å². The first-order valence-corrected chi connectivity index (χ1v) is 4.17. The van der Waals surface area contributed by atoms with Crippen LogP contribution in [0.5, 0.6) is 0 Å². The van der Waals surface area contributed by atoms with Crippen LogP contribution in [0.2, 0.25) is 0 Å². The first-order valence-electron chi connectivity index (χ1n) is 3.73. The van der Waals surface area contributed by atoms with Crippen molar-refractivity contribution < 1.29 is 0 Å². The number of nitriles is 1. The van der Waals surface area contributed by atoms with Gasteiger partial charge in [0.15, 0.2) is 0 Å². The minimum atomic E-state index is 0.706. The molecule has 0 spiro atoms. The van der Waals surface area contributed by atoms with Gasteiger partial charge in [0.05, 0.1) is 11.6 Å². The Morgan fingerprint density at radius 2 is 2.00 bits per heavy atom.